The maximum Gasteiger partial charge on any atom is 0.0587 e. The summed E-state index contributed by atoms with van der Waals surface area (Å²) in [6.45, 7) is 3.85. The van der Waals surface area contributed by atoms with Crippen LogP contribution in [-0.4, -0.2) is 20.3 Å². The topological polar surface area (TPSA) is 21.3 Å². The SMILES string of the molecule is COCCNC(C)c1ccsc1. The standard InChI is InChI=1S/C9H15NOS/c1-8(10-4-5-11-2)9-3-6-12-7-9/h3,6-8,10H,4-5H2,1-2H3. The van der Waals surface area contributed by atoms with Crippen LogP contribution in [0.15, 0.2) is 16.8 Å². The van der Waals surface area contributed by atoms with Crippen LogP contribution in [0.1, 0.15) is 18.5 Å². The van der Waals surface area contributed by atoms with Gasteiger partial charge >= 0.3 is 0 Å². The van der Waals surface area contributed by atoms with Gasteiger partial charge in [-0.25, -0.2) is 0 Å². The Balaban J connectivity index is 2.25. The minimum absolute atomic E-state index is 0.436. The van der Waals surface area contributed by atoms with Gasteiger partial charge in [0.2, 0.25) is 0 Å². The summed E-state index contributed by atoms with van der Waals surface area (Å²) in [5.41, 5.74) is 1.36. The summed E-state index contributed by atoms with van der Waals surface area (Å²) in [6, 6.07) is 2.58. The molecule has 0 saturated heterocycles. The molecule has 0 spiro atoms. The lowest BCUT2D eigenvalue weighted by molar-refractivity contribution is 0.196. The summed E-state index contributed by atoms with van der Waals surface area (Å²) in [5, 5.41) is 7.64. The van der Waals surface area contributed by atoms with Crippen molar-refractivity contribution in [2.24, 2.45) is 0 Å². The van der Waals surface area contributed by atoms with Crippen LogP contribution in [0, 0.1) is 0 Å². The molecule has 0 aromatic carbocycles. The highest BCUT2D eigenvalue weighted by Crippen LogP contribution is 2.14. The fourth-order valence-electron chi connectivity index (χ4n) is 1.02. The van der Waals surface area contributed by atoms with Gasteiger partial charge in [0, 0.05) is 19.7 Å². The van der Waals surface area contributed by atoms with E-state index in [1.807, 2.05) is 0 Å². The van der Waals surface area contributed by atoms with Crippen molar-refractivity contribution in [3.05, 3.63) is 22.4 Å². The second kappa shape index (κ2) is 5.30. The molecule has 0 fully saturated rings. The fourth-order valence-corrected chi connectivity index (χ4v) is 1.77. The van der Waals surface area contributed by atoms with Crippen LogP contribution in [0.2, 0.25) is 0 Å². The van der Waals surface area contributed by atoms with Crippen molar-refractivity contribution >= 4 is 11.3 Å². The molecule has 68 valence electrons. The lowest BCUT2D eigenvalue weighted by Crippen LogP contribution is -2.22. The van der Waals surface area contributed by atoms with E-state index in [-0.39, 0.29) is 0 Å². The van der Waals surface area contributed by atoms with Gasteiger partial charge in [-0.05, 0) is 29.3 Å². The Labute approximate surface area is 77.6 Å². The number of hydrogen-bond acceptors (Lipinski definition) is 3. The Morgan fingerprint density at radius 3 is 3.08 bits per heavy atom. The molecule has 0 bridgehead atoms. The maximum atomic E-state index is 4.95. The minimum atomic E-state index is 0.436. The molecule has 1 atom stereocenters. The van der Waals surface area contributed by atoms with Crippen LogP contribution in [-0.2, 0) is 4.74 Å². The number of thiophene rings is 1. The van der Waals surface area contributed by atoms with Crippen LogP contribution < -0.4 is 5.32 Å². The van der Waals surface area contributed by atoms with E-state index in [9.17, 15) is 0 Å². The monoisotopic (exact) mass is 185 g/mol. The first kappa shape index (κ1) is 9.71. The molecule has 0 aliphatic carbocycles. The predicted molar refractivity (Wildman–Crippen MR) is 52.6 cm³/mol. The van der Waals surface area contributed by atoms with Crippen molar-refractivity contribution in [1.82, 2.24) is 5.32 Å². The van der Waals surface area contributed by atoms with E-state index in [1.165, 1.54) is 5.56 Å². The molecule has 1 unspecified atom stereocenters. The highest BCUT2D eigenvalue weighted by atomic mass is 32.1. The molecular weight excluding hydrogens is 170 g/mol. The summed E-state index contributed by atoms with van der Waals surface area (Å²) in [6.07, 6.45) is 0. The van der Waals surface area contributed by atoms with Crippen LogP contribution >= 0.6 is 11.3 Å². The van der Waals surface area contributed by atoms with Crippen molar-refractivity contribution in [3.63, 3.8) is 0 Å². The molecule has 0 amide bonds. The maximum absolute atomic E-state index is 4.95. The van der Waals surface area contributed by atoms with Crippen molar-refractivity contribution in [1.29, 1.82) is 0 Å². The van der Waals surface area contributed by atoms with Crippen LogP contribution in [0.3, 0.4) is 0 Å². The summed E-state index contributed by atoms with van der Waals surface area (Å²) in [7, 11) is 1.72. The van der Waals surface area contributed by atoms with E-state index >= 15 is 0 Å². The number of rotatable bonds is 5. The van der Waals surface area contributed by atoms with E-state index in [2.05, 4.69) is 29.1 Å². The van der Waals surface area contributed by atoms with Gasteiger partial charge in [0.15, 0.2) is 0 Å². The molecule has 1 aromatic rings. The zero-order chi connectivity index (χ0) is 8.81. The van der Waals surface area contributed by atoms with Crippen molar-refractivity contribution in [2.75, 3.05) is 20.3 Å². The Hall–Kier alpha value is -0.380. The van der Waals surface area contributed by atoms with E-state index in [0.717, 1.165) is 13.2 Å². The molecule has 0 saturated carbocycles. The van der Waals surface area contributed by atoms with Gasteiger partial charge in [-0.3, -0.25) is 0 Å². The average Bonchev–Trinajstić information content (AvgIpc) is 2.56. The third-order valence-electron chi connectivity index (χ3n) is 1.80. The van der Waals surface area contributed by atoms with Gasteiger partial charge in [-0.2, -0.15) is 11.3 Å². The second-order valence-corrected chi connectivity index (χ2v) is 3.51. The first-order valence-electron chi connectivity index (χ1n) is 4.09. The Morgan fingerprint density at radius 2 is 2.50 bits per heavy atom. The zero-order valence-corrected chi connectivity index (χ0v) is 8.36. The number of nitrogens with one attached hydrogen (secondary N) is 1. The van der Waals surface area contributed by atoms with Gasteiger partial charge in [0.05, 0.1) is 6.61 Å². The van der Waals surface area contributed by atoms with Crippen LogP contribution in [0.25, 0.3) is 0 Å². The highest BCUT2D eigenvalue weighted by Gasteiger charge is 2.02. The van der Waals surface area contributed by atoms with Gasteiger partial charge in [0.25, 0.3) is 0 Å². The Morgan fingerprint density at radius 1 is 1.67 bits per heavy atom. The smallest absolute Gasteiger partial charge is 0.0587 e. The molecule has 1 heterocycles. The first-order valence-corrected chi connectivity index (χ1v) is 5.03. The number of methoxy groups -OCH3 is 1. The van der Waals surface area contributed by atoms with E-state index in [4.69, 9.17) is 4.74 Å². The fraction of sp³-hybridized carbons (Fsp3) is 0.556. The van der Waals surface area contributed by atoms with Crippen molar-refractivity contribution in [3.8, 4) is 0 Å². The summed E-state index contributed by atoms with van der Waals surface area (Å²) in [5.74, 6) is 0. The largest absolute Gasteiger partial charge is 0.383 e. The Bertz CT molecular complexity index is 198. The molecule has 0 aliphatic rings. The molecule has 3 heteroatoms. The van der Waals surface area contributed by atoms with Gasteiger partial charge < -0.3 is 10.1 Å². The van der Waals surface area contributed by atoms with Crippen LogP contribution in [0.5, 0.6) is 0 Å². The molecule has 1 aromatic heterocycles. The van der Waals surface area contributed by atoms with E-state index in [1.54, 1.807) is 18.4 Å². The third-order valence-corrected chi connectivity index (χ3v) is 2.50. The highest BCUT2D eigenvalue weighted by molar-refractivity contribution is 7.07. The van der Waals surface area contributed by atoms with Gasteiger partial charge in [-0.1, -0.05) is 0 Å². The molecule has 1 N–H and O–H groups in total. The van der Waals surface area contributed by atoms with Gasteiger partial charge in [0.1, 0.15) is 0 Å². The summed E-state index contributed by atoms with van der Waals surface area (Å²) in [4.78, 5) is 0. The lowest BCUT2D eigenvalue weighted by atomic mass is 10.2. The number of hydrogen-bond donors (Lipinski definition) is 1. The average molecular weight is 185 g/mol. The number of ether oxygens (including phenoxy) is 1. The van der Waals surface area contributed by atoms with Crippen molar-refractivity contribution in [2.45, 2.75) is 13.0 Å². The molecule has 0 radical (unpaired) electrons. The van der Waals surface area contributed by atoms with E-state index in [0.29, 0.717) is 6.04 Å². The second-order valence-electron chi connectivity index (χ2n) is 2.73. The molecule has 12 heavy (non-hydrogen) atoms. The molecule has 0 aliphatic heterocycles. The van der Waals surface area contributed by atoms with Crippen molar-refractivity contribution < 1.29 is 4.74 Å². The van der Waals surface area contributed by atoms with E-state index < -0.39 is 0 Å². The summed E-state index contributed by atoms with van der Waals surface area (Å²) < 4.78 is 4.95. The minimum Gasteiger partial charge on any atom is -0.383 e. The zero-order valence-electron chi connectivity index (χ0n) is 7.54. The molecule has 1 rings (SSSR count). The normalized spacial score (nSPS) is 13.2. The van der Waals surface area contributed by atoms with Gasteiger partial charge in [-0.15, -0.1) is 0 Å². The molecular formula is C9H15NOS. The quantitative estimate of drug-likeness (QED) is 0.709. The molecule has 2 nitrogen and oxygen atoms in total. The van der Waals surface area contributed by atoms with Crippen LogP contribution in [0.4, 0.5) is 0 Å². The lowest BCUT2D eigenvalue weighted by Gasteiger charge is -2.11. The third kappa shape index (κ3) is 2.93. The Kier molecular flexibility index (Phi) is 4.29. The summed E-state index contributed by atoms with van der Waals surface area (Å²) >= 11 is 1.74. The predicted octanol–water partition coefficient (Wildman–Crippen LogP) is 2.05. The first-order chi connectivity index (χ1) is 5.84.